The van der Waals surface area contributed by atoms with Crippen LogP contribution in [0.2, 0.25) is 0 Å². The van der Waals surface area contributed by atoms with E-state index in [-0.39, 0.29) is 28.5 Å². The number of aromatic nitrogens is 4. The first kappa shape index (κ1) is 15.0. The van der Waals surface area contributed by atoms with Gasteiger partial charge in [0, 0.05) is 24.4 Å². The van der Waals surface area contributed by atoms with E-state index in [1.165, 1.54) is 4.57 Å². The number of benzene rings is 1. The zero-order chi connectivity index (χ0) is 17.1. The molecule has 3 aromatic rings. The summed E-state index contributed by atoms with van der Waals surface area (Å²) >= 11 is 0. The number of fused-ring (bicyclic) bond motifs is 1. The van der Waals surface area contributed by atoms with Crippen LogP contribution in [0.4, 0.5) is 22.0 Å². The molecule has 1 aliphatic carbocycles. The van der Waals surface area contributed by atoms with E-state index in [4.69, 9.17) is 0 Å². The monoisotopic (exact) mass is 340 g/mol. The summed E-state index contributed by atoms with van der Waals surface area (Å²) in [6.45, 7) is 0. The van der Waals surface area contributed by atoms with Crippen LogP contribution in [0.5, 0.6) is 0 Å². The lowest BCUT2D eigenvalue weighted by molar-refractivity contribution is -0.140. The van der Waals surface area contributed by atoms with Gasteiger partial charge in [-0.25, -0.2) is 23.7 Å². The lowest BCUT2D eigenvalue weighted by Gasteiger charge is -2.12. The smallest absolute Gasteiger partial charge is 0.321 e. The van der Waals surface area contributed by atoms with Crippen molar-refractivity contribution in [2.24, 2.45) is 0 Å². The van der Waals surface area contributed by atoms with Gasteiger partial charge in [-0.3, -0.25) is 0 Å². The molecule has 1 saturated carbocycles. The minimum atomic E-state index is -4.69. The number of rotatable bonds is 2. The van der Waals surface area contributed by atoms with Gasteiger partial charge in [0.15, 0.2) is 17.3 Å². The van der Waals surface area contributed by atoms with Gasteiger partial charge in [0.25, 0.3) is 0 Å². The van der Waals surface area contributed by atoms with Crippen molar-refractivity contribution in [1.82, 2.24) is 19.5 Å². The first-order valence-electron chi connectivity index (χ1n) is 7.11. The Labute approximate surface area is 132 Å². The van der Waals surface area contributed by atoms with E-state index in [0.29, 0.717) is 0 Å². The van der Waals surface area contributed by atoms with Gasteiger partial charge in [-0.2, -0.15) is 13.2 Å². The third-order valence-electron chi connectivity index (χ3n) is 3.87. The van der Waals surface area contributed by atoms with Gasteiger partial charge >= 0.3 is 6.18 Å². The summed E-state index contributed by atoms with van der Waals surface area (Å²) in [4.78, 5) is 11.1. The van der Waals surface area contributed by atoms with Crippen molar-refractivity contribution in [3.05, 3.63) is 42.0 Å². The molecular weight excluding hydrogens is 331 g/mol. The van der Waals surface area contributed by atoms with E-state index in [9.17, 15) is 22.0 Å². The fraction of sp³-hybridized carbons (Fsp3) is 0.267. The molecule has 4 rings (SSSR count). The van der Waals surface area contributed by atoms with Crippen molar-refractivity contribution in [2.75, 3.05) is 0 Å². The Kier molecular flexibility index (Phi) is 3.09. The van der Waals surface area contributed by atoms with Crippen molar-refractivity contribution in [3.8, 4) is 11.4 Å². The zero-order valence-corrected chi connectivity index (χ0v) is 12.0. The van der Waals surface area contributed by atoms with Crippen molar-refractivity contribution in [1.29, 1.82) is 0 Å². The third kappa shape index (κ3) is 2.31. The van der Waals surface area contributed by atoms with Crippen LogP contribution in [0, 0.1) is 11.6 Å². The first-order chi connectivity index (χ1) is 11.4. The molecule has 1 aromatic carbocycles. The predicted molar refractivity (Wildman–Crippen MR) is 73.9 cm³/mol. The molecule has 2 aromatic heterocycles. The molecular formula is C15H9F5N4. The molecule has 0 atom stereocenters. The molecule has 124 valence electrons. The SMILES string of the molecule is Fc1cc2nc(-c3cncnc3C(F)(F)F)n(C3CC3)c2cc1F. The van der Waals surface area contributed by atoms with Crippen molar-refractivity contribution < 1.29 is 22.0 Å². The fourth-order valence-corrected chi connectivity index (χ4v) is 2.70. The average molecular weight is 340 g/mol. The van der Waals surface area contributed by atoms with Crippen molar-refractivity contribution in [3.63, 3.8) is 0 Å². The van der Waals surface area contributed by atoms with Gasteiger partial charge < -0.3 is 4.57 Å². The van der Waals surface area contributed by atoms with Crippen molar-refractivity contribution in [2.45, 2.75) is 25.1 Å². The molecule has 0 spiro atoms. The second-order valence-corrected chi connectivity index (χ2v) is 5.57. The summed E-state index contributed by atoms with van der Waals surface area (Å²) in [5.74, 6) is -2.21. The molecule has 0 N–H and O–H groups in total. The van der Waals surface area contributed by atoms with E-state index in [1.54, 1.807) is 0 Å². The summed E-state index contributed by atoms with van der Waals surface area (Å²) < 4.78 is 68.2. The summed E-state index contributed by atoms with van der Waals surface area (Å²) in [7, 11) is 0. The molecule has 0 bridgehead atoms. The molecule has 1 fully saturated rings. The summed E-state index contributed by atoms with van der Waals surface area (Å²) in [6, 6.07) is 1.73. The van der Waals surface area contributed by atoms with Crippen LogP contribution in [0.1, 0.15) is 24.6 Å². The van der Waals surface area contributed by atoms with Crippen LogP contribution >= 0.6 is 0 Å². The molecule has 0 amide bonds. The fourth-order valence-electron chi connectivity index (χ4n) is 2.70. The Morgan fingerprint density at radius 3 is 2.46 bits per heavy atom. The highest BCUT2D eigenvalue weighted by molar-refractivity contribution is 5.81. The molecule has 1 aliphatic rings. The predicted octanol–water partition coefficient (Wildman–Crippen LogP) is 4.13. The molecule has 0 aliphatic heterocycles. The zero-order valence-electron chi connectivity index (χ0n) is 12.0. The maximum atomic E-state index is 13.6. The quantitative estimate of drug-likeness (QED) is 0.659. The Morgan fingerprint density at radius 1 is 1.08 bits per heavy atom. The van der Waals surface area contributed by atoms with E-state index in [2.05, 4.69) is 15.0 Å². The third-order valence-corrected chi connectivity index (χ3v) is 3.87. The van der Waals surface area contributed by atoms with Crippen LogP contribution in [0.25, 0.3) is 22.4 Å². The van der Waals surface area contributed by atoms with Crippen molar-refractivity contribution >= 4 is 11.0 Å². The van der Waals surface area contributed by atoms with Crippen LogP contribution in [-0.2, 0) is 6.18 Å². The number of imidazole rings is 1. The van der Waals surface area contributed by atoms with Gasteiger partial charge in [0.05, 0.1) is 16.6 Å². The van der Waals surface area contributed by atoms with Gasteiger partial charge in [-0.05, 0) is 12.8 Å². The number of hydrogen-bond acceptors (Lipinski definition) is 3. The lowest BCUT2D eigenvalue weighted by atomic mass is 10.2. The highest BCUT2D eigenvalue weighted by Gasteiger charge is 2.38. The van der Waals surface area contributed by atoms with Crippen LogP contribution < -0.4 is 0 Å². The highest BCUT2D eigenvalue weighted by Crippen LogP contribution is 2.43. The second-order valence-electron chi connectivity index (χ2n) is 5.57. The van der Waals surface area contributed by atoms with E-state index >= 15 is 0 Å². The Morgan fingerprint density at radius 2 is 1.79 bits per heavy atom. The molecule has 9 heteroatoms. The molecule has 2 heterocycles. The van der Waals surface area contributed by atoms with Crippen LogP contribution in [0.15, 0.2) is 24.7 Å². The number of halogens is 5. The van der Waals surface area contributed by atoms with Crippen LogP contribution in [0.3, 0.4) is 0 Å². The summed E-state index contributed by atoms with van der Waals surface area (Å²) in [6.07, 6.45) is -1.42. The average Bonchev–Trinajstić information content (AvgIpc) is 3.29. The van der Waals surface area contributed by atoms with E-state index in [0.717, 1.165) is 37.5 Å². The minimum Gasteiger partial charge on any atom is -0.321 e. The minimum absolute atomic E-state index is 0.0366. The first-order valence-corrected chi connectivity index (χ1v) is 7.11. The molecule has 24 heavy (non-hydrogen) atoms. The Balaban J connectivity index is 2.03. The van der Waals surface area contributed by atoms with Gasteiger partial charge in [0.2, 0.25) is 0 Å². The Bertz CT molecular complexity index is 943. The van der Waals surface area contributed by atoms with E-state index in [1.807, 2.05) is 0 Å². The number of hydrogen-bond donors (Lipinski definition) is 0. The van der Waals surface area contributed by atoms with Gasteiger partial charge in [0.1, 0.15) is 12.2 Å². The van der Waals surface area contributed by atoms with Gasteiger partial charge in [-0.1, -0.05) is 0 Å². The standard InChI is InChI=1S/C15H9F5N4/c16-9-3-11-12(4-10(9)17)24(7-1-2-7)14(23-11)8-5-21-6-22-13(8)15(18,19)20/h3-7H,1-2H2. The second kappa shape index (κ2) is 4.96. The molecule has 0 saturated heterocycles. The Hall–Kier alpha value is -2.58. The normalized spacial score (nSPS) is 15.2. The topological polar surface area (TPSA) is 43.6 Å². The number of nitrogens with zero attached hydrogens (tertiary/aromatic N) is 4. The summed E-state index contributed by atoms with van der Waals surface area (Å²) in [5, 5.41) is 0. The number of alkyl halides is 3. The lowest BCUT2D eigenvalue weighted by Crippen LogP contribution is -2.12. The molecule has 0 unspecified atom stereocenters. The highest BCUT2D eigenvalue weighted by atomic mass is 19.4. The maximum Gasteiger partial charge on any atom is 0.434 e. The van der Waals surface area contributed by atoms with Crippen LogP contribution in [-0.4, -0.2) is 19.5 Å². The molecule has 4 nitrogen and oxygen atoms in total. The summed E-state index contributed by atoms with van der Waals surface area (Å²) in [5.41, 5.74) is -1.10. The maximum absolute atomic E-state index is 13.6. The van der Waals surface area contributed by atoms with E-state index < -0.39 is 23.5 Å². The largest absolute Gasteiger partial charge is 0.434 e. The molecule has 0 radical (unpaired) electrons. The van der Waals surface area contributed by atoms with Gasteiger partial charge in [-0.15, -0.1) is 0 Å².